The molecule has 2 aliphatic heterocycles. The van der Waals surface area contributed by atoms with Crippen molar-refractivity contribution < 1.29 is 24.0 Å². The quantitative estimate of drug-likeness (QED) is 0.148. The molecule has 8 heteroatoms. The molecule has 0 radical (unpaired) electrons. The highest BCUT2D eigenvalue weighted by Gasteiger charge is 2.38. The van der Waals surface area contributed by atoms with Gasteiger partial charge in [0.05, 0.1) is 23.1 Å². The average Bonchev–Trinajstić information content (AvgIpc) is 3.26. The van der Waals surface area contributed by atoms with Crippen molar-refractivity contribution in [3.05, 3.63) is 76.9 Å². The number of benzene rings is 3. The van der Waals surface area contributed by atoms with Crippen molar-refractivity contribution in [1.82, 2.24) is 9.47 Å². The molecule has 0 bridgehead atoms. The zero-order chi connectivity index (χ0) is 30.3. The SMILES string of the molecule is CCn1c2ccc(C(=O)c3ccccc3C)cc2c2c3c(ccc21)C(=O)/C(=N/OC(=O)C(C)(C)N1CCCCC1)CCO3. The lowest BCUT2D eigenvalue weighted by molar-refractivity contribution is -0.157. The summed E-state index contributed by atoms with van der Waals surface area (Å²) in [6, 6.07) is 16.9. The van der Waals surface area contributed by atoms with Gasteiger partial charge in [-0.1, -0.05) is 35.8 Å². The van der Waals surface area contributed by atoms with Crippen molar-refractivity contribution in [2.24, 2.45) is 5.16 Å². The number of likely N-dealkylation sites (tertiary alicyclic amines) is 1. The summed E-state index contributed by atoms with van der Waals surface area (Å²) < 4.78 is 8.41. The van der Waals surface area contributed by atoms with Gasteiger partial charge in [-0.15, -0.1) is 0 Å². The van der Waals surface area contributed by atoms with Crippen molar-refractivity contribution >= 4 is 45.1 Å². The van der Waals surface area contributed by atoms with Crippen LogP contribution in [0.3, 0.4) is 0 Å². The van der Waals surface area contributed by atoms with E-state index in [0.29, 0.717) is 29.0 Å². The highest BCUT2D eigenvalue weighted by Crippen LogP contribution is 2.40. The van der Waals surface area contributed by atoms with Crippen molar-refractivity contribution in [3.63, 3.8) is 0 Å². The normalized spacial score (nSPS) is 17.1. The highest BCUT2D eigenvalue weighted by atomic mass is 16.7. The Morgan fingerprint density at radius 1 is 1.00 bits per heavy atom. The van der Waals surface area contributed by atoms with Crippen LogP contribution in [0, 0.1) is 6.92 Å². The number of aryl methyl sites for hydroxylation is 2. The van der Waals surface area contributed by atoms with Crippen LogP contribution < -0.4 is 4.74 Å². The maximum atomic E-state index is 13.8. The molecule has 1 fully saturated rings. The van der Waals surface area contributed by atoms with Crippen LogP contribution in [0.4, 0.5) is 0 Å². The molecule has 0 atom stereocenters. The molecule has 0 saturated carbocycles. The third-order valence-electron chi connectivity index (χ3n) is 8.93. The van der Waals surface area contributed by atoms with Crippen LogP contribution in [0.25, 0.3) is 21.8 Å². The van der Waals surface area contributed by atoms with E-state index in [1.807, 2.05) is 69.3 Å². The predicted octanol–water partition coefficient (Wildman–Crippen LogP) is 6.48. The molecule has 8 nitrogen and oxygen atoms in total. The van der Waals surface area contributed by atoms with E-state index in [4.69, 9.17) is 9.57 Å². The smallest absolute Gasteiger partial charge is 0.354 e. The standard InChI is InChI=1S/C35H37N3O5/c1-5-38-28-15-13-23(31(39)24-12-8-7-11-22(24)2)21-26(28)30-29(38)16-14-25-32(40)27(17-20-42-33(25)30)36-43-34(41)35(3,4)37-18-9-6-10-19-37/h7-8,11-16,21H,5-6,9-10,17-20H2,1-4H3/b36-27+. The van der Waals surface area contributed by atoms with Gasteiger partial charge in [-0.05, 0) is 89.5 Å². The summed E-state index contributed by atoms with van der Waals surface area (Å²) in [6.45, 7) is 10.2. The lowest BCUT2D eigenvalue weighted by atomic mass is 9.97. The maximum Gasteiger partial charge on any atom is 0.354 e. The van der Waals surface area contributed by atoms with Gasteiger partial charge in [0.25, 0.3) is 0 Å². The van der Waals surface area contributed by atoms with E-state index in [9.17, 15) is 14.4 Å². The topological polar surface area (TPSA) is 90.2 Å². The molecule has 0 spiro atoms. The predicted molar refractivity (Wildman–Crippen MR) is 167 cm³/mol. The average molecular weight is 580 g/mol. The second kappa shape index (κ2) is 11.4. The van der Waals surface area contributed by atoms with Gasteiger partial charge in [0.15, 0.2) is 5.78 Å². The van der Waals surface area contributed by atoms with Crippen molar-refractivity contribution in [1.29, 1.82) is 0 Å². The van der Waals surface area contributed by atoms with Crippen LogP contribution in [-0.2, 0) is 16.2 Å². The zero-order valence-electron chi connectivity index (χ0n) is 25.2. The van der Waals surface area contributed by atoms with Crippen LogP contribution in [-0.4, -0.2) is 57.9 Å². The van der Waals surface area contributed by atoms with Crippen LogP contribution in [0.1, 0.15) is 78.3 Å². The van der Waals surface area contributed by atoms with E-state index in [2.05, 4.69) is 21.5 Å². The lowest BCUT2D eigenvalue weighted by Gasteiger charge is -2.38. The fraction of sp³-hybridized carbons (Fsp3) is 0.371. The first-order valence-electron chi connectivity index (χ1n) is 15.1. The molecule has 0 aliphatic carbocycles. The number of fused-ring (bicyclic) bond motifs is 5. The van der Waals surface area contributed by atoms with Gasteiger partial charge in [-0.2, -0.15) is 0 Å². The second-order valence-electron chi connectivity index (χ2n) is 11.9. The molecule has 3 aromatic carbocycles. The molecule has 0 N–H and O–H groups in total. The number of Topliss-reactive ketones (excluding diaryl/α,β-unsaturated/α-hetero) is 1. The number of carbonyl (C=O) groups excluding carboxylic acids is 3. The van der Waals surface area contributed by atoms with Crippen molar-refractivity contribution in [2.45, 2.75) is 65.5 Å². The van der Waals surface area contributed by atoms with Gasteiger partial charge in [-0.3, -0.25) is 14.5 Å². The third kappa shape index (κ3) is 5.03. The zero-order valence-corrected chi connectivity index (χ0v) is 25.2. The number of ketones is 2. The third-order valence-corrected chi connectivity index (χ3v) is 8.93. The molecular formula is C35H37N3O5. The molecule has 1 saturated heterocycles. The van der Waals surface area contributed by atoms with Gasteiger partial charge >= 0.3 is 5.97 Å². The summed E-state index contributed by atoms with van der Waals surface area (Å²) in [5.41, 5.74) is 3.68. The summed E-state index contributed by atoms with van der Waals surface area (Å²) in [4.78, 5) is 47.9. The number of hydrogen-bond donors (Lipinski definition) is 0. The van der Waals surface area contributed by atoms with E-state index in [0.717, 1.165) is 59.7 Å². The minimum Gasteiger partial charge on any atom is -0.492 e. The molecule has 1 aromatic heterocycles. The van der Waals surface area contributed by atoms with Crippen molar-refractivity contribution in [3.8, 4) is 5.75 Å². The van der Waals surface area contributed by atoms with Crippen LogP contribution in [0.2, 0.25) is 0 Å². The van der Waals surface area contributed by atoms with Gasteiger partial charge in [0, 0.05) is 35.0 Å². The molecule has 4 aromatic rings. The Bertz CT molecular complexity index is 1790. The summed E-state index contributed by atoms with van der Waals surface area (Å²) >= 11 is 0. The summed E-state index contributed by atoms with van der Waals surface area (Å²) in [5, 5.41) is 5.72. The Labute approximate surface area is 251 Å². The van der Waals surface area contributed by atoms with Gasteiger partial charge in [0.2, 0.25) is 5.78 Å². The maximum absolute atomic E-state index is 13.8. The molecule has 3 heterocycles. The van der Waals surface area contributed by atoms with Gasteiger partial charge in [0.1, 0.15) is 17.0 Å². The first-order chi connectivity index (χ1) is 20.7. The Kier molecular flexibility index (Phi) is 7.65. The minimum absolute atomic E-state index is 0.0554. The molecular weight excluding hydrogens is 542 g/mol. The Hall–Kier alpha value is -4.30. The second-order valence-corrected chi connectivity index (χ2v) is 11.9. The molecule has 2 aliphatic rings. The summed E-state index contributed by atoms with van der Waals surface area (Å²) in [5.74, 6) is -0.402. The number of rotatable bonds is 6. The van der Waals surface area contributed by atoms with Crippen LogP contribution in [0.5, 0.6) is 5.75 Å². The fourth-order valence-corrected chi connectivity index (χ4v) is 6.35. The van der Waals surface area contributed by atoms with E-state index < -0.39 is 11.5 Å². The number of hydrogen-bond acceptors (Lipinski definition) is 7. The van der Waals surface area contributed by atoms with E-state index in [1.165, 1.54) is 0 Å². The molecule has 222 valence electrons. The minimum atomic E-state index is -0.839. The highest BCUT2D eigenvalue weighted by molar-refractivity contribution is 6.47. The first kappa shape index (κ1) is 28.8. The van der Waals surface area contributed by atoms with Gasteiger partial charge < -0.3 is 14.1 Å². The Morgan fingerprint density at radius 3 is 2.49 bits per heavy atom. The number of nitrogens with zero attached hydrogens (tertiary/aromatic N) is 3. The first-order valence-corrected chi connectivity index (χ1v) is 15.1. The van der Waals surface area contributed by atoms with Crippen LogP contribution in [0.15, 0.2) is 59.8 Å². The monoisotopic (exact) mass is 579 g/mol. The molecule has 0 unspecified atom stereocenters. The number of ether oxygens (including phenoxy) is 1. The molecule has 0 amide bonds. The lowest BCUT2D eigenvalue weighted by Crippen LogP contribution is -2.52. The number of oxime groups is 1. The number of carbonyl (C=O) groups is 3. The Morgan fingerprint density at radius 2 is 1.74 bits per heavy atom. The van der Waals surface area contributed by atoms with Gasteiger partial charge in [-0.25, -0.2) is 4.79 Å². The van der Waals surface area contributed by atoms with Crippen LogP contribution >= 0.6 is 0 Å². The van der Waals surface area contributed by atoms with E-state index in [1.54, 1.807) is 6.07 Å². The largest absolute Gasteiger partial charge is 0.492 e. The fourth-order valence-electron chi connectivity index (χ4n) is 6.35. The van der Waals surface area contributed by atoms with Crippen molar-refractivity contribution in [2.75, 3.05) is 19.7 Å². The number of piperidine rings is 1. The van der Waals surface area contributed by atoms with E-state index in [-0.39, 0.29) is 30.3 Å². The molecule has 6 rings (SSSR count). The Balaban J connectivity index is 1.38. The van der Waals surface area contributed by atoms with E-state index >= 15 is 0 Å². The molecule has 43 heavy (non-hydrogen) atoms. The summed E-state index contributed by atoms with van der Waals surface area (Å²) in [7, 11) is 0. The number of aromatic nitrogens is 1. The summed E-state index contributed by atoms with van der Waals surface area (Å²) in [6.07, 6.45) is 3.45.